The van der Waals surface area contributed by atoms with Crippen LogP contribution in [0.2, 0.25) is 0 Å². The van der Waals surface area contributed by atoms with E-state index in [1.54, 1.807) is 13.3 Å². The van der Waals surface area contributed by atoms with Gasteiger partial charge in [0, 0.05) is 29.8 Å². The normalized spacial score (nSPS) is 10.7. The fraction of sp³-hybridized carbons (Fsp3) is 0.250. The Morgan fingerprint density at radius 3 is 3.00 bits per heavy atom. The van der Waals surface area contributed by atoms with Gasteiger partial charge in [-0.1, -0.05) is 0 Å². The summed E-state index contributed by atoms with van der Waals surface area (Å²) in [5, 5.41) is 13.4. The molecule has 2 aromatic heterocycles. The minimum atomic E-state index is -0.197. The molecule has 2 amide bonds. The summed E-state index contributed by atoms with van der Waals surface area (Å²) in [5.74, 6) is 0.823. The van der Waals surface area contributed by atoms with Gasteiger partial charge in [0.15, 0.2) is 0 Å². The topological polar surface area (TPSA) is 94.8 Å². The number of aromatic nitrogens is 3. The molecule has 0 atom stereocenters. The van der Waals surface area contributed by atoms with E-state index in [-0.39, 0.29) is 6.03 Å². The van der Waals surface area contributed by atoms with Crippen LogP contribution < -0.4 is 15.4 Å². The molecule has 4 N–H and O–H groups in total. The average molecular weight is 313 g/mol. The largest absolute Gasteiger partial charge is 0.497 e. The molecule has 0 spiro atoms. The third-order valence-electron chi connectivity index (χ3n) is 3.65. The highest BCUT2D eigenvalue weighted by Crippen LogP contribution is 2.23. The first-order valence-electron chi connectivity index (χ1n) is 7.40. The molecule has 1 aromatic carbocycles. The summed E-state index contributed by atoms with van der Waals surface area (Å²) in [4.78, 5) is 15.0. The number of nitrogens with zero attached hydrogens (tertiary/aromatic N) is 1. The molecule has 23 heavy (non-hydrogen) atoms. The summed E-state index contributed by atoms with van der Waals surface area (Å²) in [6, 6.07) is 7.53. The fourth-order valence-electron chi connectivity index (χ4n) is 2.42. The molecule has 3 rings (SSSR count). The zero-order valence-electron chi connectivity index (χ0n) is 12.8. The maximum absolute atomic E-state index is 11.7. The lowest BCUT2D eigenvalue weighted by molar-refractivity contribution is 0.240. The summed E-state index contributed by atoms with van der Waals surface area (Å²) < 4.78 is 5.25. The first-order valence-corrected chi connectivity index (χ1v) is 7.40. The number of urea groups is 1. The highest BCUT2D eigenvalue weighted by atomic mass is 16.5. The Labute approximate surface area is 133 Å². The Morgan fingerprint density at radius 1 is 1.30 bits per heavy atom. The van der Waals surface area contributed by atoms with Gasteiger partial charge in [-0.05, 0) is 36.2 Å². The Kier molecular flexibility index (Phi) is 4.46. The van der Waals surface area contributed by atoms with Crippen LogP contribution in [0.5, 0.6) is 5.75 Å². The van der Waals surface area contributed by atoms with E-state index in [0.717, 1.165) is 34.3 Å². The molecule has 7 nitrogen and oxygen atoms in total. The average Bonchev–Trinajstić information content (AvgIpc) is 3.22. The smallest absolute Gasteiger partial charge is 0.315 e. The van der Waals surface area contributed by atoms with E-state index < -0.39 is 0 Å². The number of carbonyl (C=O) groups excluding carboxylic acids is 1. The Bertz CT molecular complexity index is 779. The maximum Gasteiger partial charge on any atom is 0.315 e. The molecule has 0 aliphatic heterocycles. The van der Waals surface area contributed by atoms with Gasteiger partial charge >= 0.3 is 6.03 Å². The number of fused-ring (bicyclic) bond motifs is 1. The second kappa shape index (κ2) is 6.87. The van der Waals surface area contributed by atoms with Gasteiger partial charge in [-0.3, -0.25) is 5.10 Å². The molecule has 0 saturated carbocycles. The van der Waals surface area contributed by atoms with Crippen molar-refractivity contribution in [1.82, 2.24) is 25.8 Å². The first-order chi connectivity index (χ1) is 11.3. The molecular formula is C16H19N5O2. The van der Waals surface area contributed by atoms with E-state index in [9.17, 15) is 4.79 Å². The monoisotopic (exact) mass is 313 g/mol. The van der Waals surface area contributed by atoms with Gasteiger partial charge in [0.25, 0.3) is 0 Å². The van der Waals surface area contributed by atoms with Crippen molar-refractivity contribution < 1.29 is 9.53 Å². The van der Waals surface area contributed by atoms with Crippen LogP contribution in [-0.2, 0) is 13.0 Å². The van der Waals surface area contributed by atoms with E-state index >= 15 is 0 Å². The summed E-state index contributed by atoms with van der Waals surface area (Å²) in [7, 11) is 1.65. The van der Waals surface area contributed by atoms with Crippen LogP contribution in [0, 0.1) is 0 Å². The lowest BCUT2D eigenvalue weighted by Gasteiger charge is -2.06. The number of amides is 2. The van der Waals surface area contributed by atoms with Crippen LogP contribution in [0.4, 0.5) is 4.79 Å². The second-order valence-corrected chi connectivity index (χ2v) is 5.17. The number of methoxy groups -OCH3 is 1. The lowest BCUT2D eigenvalue weighted by atomic mass is 10.1. The predicted octanol–water partition coefficient (Wildman–Crippen LogP) is 1.94. The van der Waals surface area contributed by atoms with Gasteiger partial charge in [0.05, 0.1) is 19.3 Å². The van der Waals surface area contributed by atoms with Crippen molar-refractivity contribution in [2.24, 2.45) is 0 Å². The van der Waals surface area contributed by atoms with Crippen molar-refractivity contribution in [3.63, 3.8) is 0 Å². The van der Waals surface area contributed by atoms with Gasteiger partial charge in [-0.25, -0.2) is 4.79 Å². The molecule has 0 unspecified atom stereocenters. The third kappa shape index (κ3) is 3.63. The fourth-order valence-corrected chi connectivity index (χ4v) is 2.42. The summed E-state index contributed by atoms with van der Waals surface area (Å²) in [6.07, 6.45) is 4.36. The molecule has 2 heterocycles. The molecule has 0 saturated heterocycles. The van der Waals surface area contributed by atoms with Crippen LogP contribution in [0.25, 0.3) is 10.9 Å². The molecule has 3 aromatic rings. The summed E-state index contributed by atoms with van der Waals surface area (Å²) >= 11 is 0. The predicted molar refractivity (Wildman–Crippen MR) is 87.4 cm³/mol. The number of aromatic amines is 2. The molecule has 0 aliphatic carbocycles. The van der Waals surface area contributed by atoms with Crippen LogP contribution >= 0.6 is 0 Å². The van der Waals surface area contributed by atoms with Crippen LogP contribution in [0.15, 0.2) is 36.7 Å². The van der Waals surface area contributed by atoms with Gasteiger partial charge in [0.2, 0.25) is 0 Å². The highest BCUT2D eigenvalue weighted by molar-refractivity contribution is 5.84. The summed E-state index contributed by atoms with van der Waals surface area (Å²) in [5.41, 5.74) is 3.07. The SMILES string of the molecule is COc1ccc2[nH]cc(CCNC(=O)NCc3ccn[nH]3)c2c1. The van der Waals surface area contributed by atoms with E-state index in [1.165, 1.54) is 0 Å². The minimum Gasteiger partial charge on any atom is -0.497 e. The number of rotatable bonds is 6. The molecule has 120 valence electrons. The lowest BCUT2D eigenvalue weighted by Crippen LogP contribution is -2.36. The van der Waals surface area contributed by atoms with Crippen molar-refractivity contribution in [3.8, 4) is 5.75 Å². The number of hydrogen-bond donors (Lipinski definition) is 4. The quantitative estimate of drug-likeness (QED) is 0.560. The van der Waals surface area contributed by atoms with Crippen LogP contribution in [0.3, 0.4) is 0 Å². The number of benzene rings is 1. The molecule has 0 radical (unpaired) electrons. The second-order valence-electron chi connectivity index (χ2n) is 5.17. The molecule has 7 heteroatoms. The van der Waals surface area contributed by atoms with Gasteiger partial charge in [-0.2, -0.15) is 5.10 Å². The van der Waals surface area contributed by atoms with Gasteiger partial charge < -0.3 is 20.4 Å². The standard InChI is InChI=1S/C16H19N5O2/c1-23-13-2-3-15-14(8-13)11(9-18-15)4-6-17-16(22)19-10-12-5-7-20-21-12/h2-3,5,7-9,18H,4,6,10H2,1H3,(H,20,21)(H2,17,19,22). The van der Waals surface area contributed by atoms with Crippen LogP contribution in [0.1, 0.15) is 11.3 Å². The molecule has 0 aliphatic rings. The number of hydrogen-bond acceptors (Lipinski definition) is 3. The molecular weight excluding hydrogens is 294 g/mol. The summed E-state index contributed by atoms with van der Waals surface area (Å²) in [6.45, 7) is 0.981. The van der Waals surface area contributed by atoms with Crippen molar-refractivity contribution in [2.45, 2.75) is 13.0 Å². The number of nitrogens with one attached hydrogen (secondary N) is 4. The third-order valence-corrected chi connectivity index (χ3v) is 3.65. The zero-order valence-corrected chi connectivity index (χ0v) is 12.8. The molecule has 0 fully saturated rings. The van der Waals surface area contributed by atoms with Gasteiger partial charge in [0.1, 0.15) is 5.75 Å². The minimum absolute atomic E-state index is 0.197. The Balaban J connectivity index is 1.51. The van der Waals surface area contributed by atoms with E-state index in [0.29, 0.717) is 13.1 Å². The Morgan fingerprint density at radius 2 is 2.22 bits per heavy atom. The van der Waals surface area contributed by atoms with Crippen molar-refractivity contribution in [1.29, 1.82) is 0 Å². The van der Waals surface area contributed by atoms with E-state index in [1.807, 2.05) is 30.5 Å². The van der Waals surface area contributed by atoms with Crippen molar-refractivity contribution >= 4 is 16.9 Å². The molecule has 0 bridgehead atoms. The zero-order chi connectivity index (χ0) is 16.1. The van der Waals surface area contributed by atoms with E-state index in [2.05, 4.69) is 25.8 Å². The highest BCUT2D eigenvalue weighted by Gasteiger charge is 2.06. The Hall–Kier alpha value is -2.96. The number of carbonyl (C=O) groups is 1. The number of ether oxygens (including phenoxy) is 1. The number of H-pyrrole nitrogens is 2. The maximum atomic E-state index is 11.7. The van der Waals surface area contributed by atoms with Crippen molar-refractivity contribution in [2.75, 3.05) is 13.7 Å². The first kappa shape index (κ1) is 15.0. The van der Waals surface area contributed by atoms with E-state index in [4.69, 9.17) is 4.74 Å². The van der Waals surface area contributed by atoms with Gasteiger partial charge in [-0.15, -0.1) is 0 Å². The van der Waals surface area contributed by atoms with Crippen LogP contribution in [-0.4, -0.2) is 34.9 Å². The van der Waals surface area contributed by atoms with Crippen molar-refractivity contribution in [3.05, 3.63) is 47.9 Å².